The van der Waals surface area contributed by atoms with E-state index in [0.29, 0.717) is 16.7 Å². The second-order valence-electron chi connectivity index (χ2n) is 4.18. The van der Waals surface area contributed by atoms with E-state index < -0.39 is 6.10 Å². The van der Waals surface area contributed by atoms with E-state index in [9.17, 15) is 9.50 Å². The molecule has 0 amide bonds. The van der Waals surface area contributed by atoms with Crippen LogP contribution in [0.4, 0.5) is 4.39 Å². The molecule has 18 heavy (non-hydrogen) atoms. The molecule has 2 aromatic heterocycles. The minimum atomic E-state index is -0.792. The first-order chi connectivity index (χ1) is 8.63. The normalized spacial score (nSPS) is 13.1. The highest BCUT2D eigenvalue weighted by molar-refractivity contribution is 7.12. The van der Waals surface area contributed by atoms with Crippen LogP contribution in [0.3, 0.4) is 0 Å². The summed E-state index contributed by atoms with van der Waals surface area (Å²) >= 11 is 1.52. The van der Waals surface area contributed by atoms with E-state index >= 15 is 0 Å². The van der Waals surface area contributed by atoms with E-state index in [1.54, 1.807) is 12.1 Å². The fourth-order valence-electron chi connectivity index (χ4n) is 1.91. The zero-order valence-electron chi connectivity index (χ0n) is 9.68. The van der Waals surface area contributed by atoms with Gasteiger partial charge in [-0.05, 0) is 43.3 Å². The number of thiophene rings is 1. The number of benzene rings is 1. The molecule has 0 spiro atoms. The van der Waals surface area contributed by atoms with Gasteiger partial charge in [0.15, 0.2) is 0 Å². The summed E-state index contributed by atoms with van der Waals surface area (Å²) in [6.45, 7) is 1.98. The molecular weight excluding hydrogens is 251 g/mol. The predicted octanol–water partition coefficient (Wildman–Crippen LogP) is 4.02. The van der Waals surface area contributed by atoms with Crippen molar-refractivity contribution >= 4 is 22.3 Å². The SMILES string of the molecule is Cc1ccc(C(O)c2cc3cc(F)ccc3o2)s1. The van der Waals surface area contributed by atoms with E-state index in [1.807, 2.05) is 19.1 Å². The molecule has 0 aliphatic carbocycles. The average Bonchev–Trinajstić information content (AvgIpc) is 2.93. The maximum Gasteiger partial charge on any atom is 0.146 e. The maximum absolute atomic E-state index is 13.1. The Bertz CT molecular complexity index is 699. The highest BCUT2D eigenvalue weighted by atomic mass is 32.1. The summed E-state index contributed by atoms with van der Waals surface area (Å²) in [6, 6.07) is 9.81. The number of halogens is 1. The van der Waals surface area contributed by atoms with Crippen LogP contribution >= 0.6 is 11.3 Å². The Morgan fingerprint density at radius 2 is 2.06 bits per heavy atom. The summed E-state index contributed by atoms with van der Waals surface area (Å²) in [5, 5.41) is 10.9. The summed E-state index contributed by atoms with van der Waals surface area (Å²) in [7, 11) is 0. The fourth-order valence-corrected chi connectivity index (χ4v) is 2.78. The molecule has 2 nitrogen and oxygen atoms in total. The van der Waals surface area contributed by atoms with Crippen LogP contribution in [0.5, 0.6) is 0 Å². The number of hydrogen-bond donors (Lipinski definition) is 1. The maximum atomic E-state index is 13.1. The molecule has 2 heterocycles. The lowest BCUT2D eigenvalue weighted by Crippen LogP contribution is -1.93. The third kappa shape index (κ3) is 1.94. The standard InChI is InChI=1S/C14H11FO2S/c1-8-2-5-13(18-8)14(16)12-7-9-6-10(15)3-4-11(9)17-12/h2-7,14,16H,1H3. The second kappa shape index (κ2) is 4.23. The molecule has 0 saturated heterocycles. The van der Waals surface area contributed by atoms with Crippen molar-refractivity contribution in [3.05, 3.63) is 57.7 Å². The first-order valence-corrected chi connectivity index (χ1v) is 6.38. The lowest BCUT2D eigenvalue weighted by atomic mass is 10.2. The smallest absolute Gasteiger partial charge is 0.146 e. The Hall–Kier alpha value is -1.65. The second-order valence-corrected chi connectivity index (χ2v) is 5.50. The summed E-state index contributed by atoms with van der Waals surface area (Å²) in [5.74, 6) is 0.133. The van der Waals surface area contributed by atoms with Gasteiger partial charge in [0, 0.05) is 15.1 Å². The number of aliphatic hydroxyl groups is 1. The minimum absolute atomic E-state index is 0.309. The zero-order valence-corrected chi connectivity index (χ0v) is 10.5. The van der Waals surface area contributed by atoms with E-state index in [4.69, 9.17) is 4.42 Å². The highest BCUT2D eigenvalue weighted by Gasteiger charge is 2.17. The van der Waals surface area contributed by atoms with Gasteiger partial charge >= 0.3 is 0 Å². The van der Waals surface area contributed by atoms with Crippen molar-refractivity contribution < 1.29 is 13.9 Å². The van der Waals surface area contributed by atoms with Gasteiger partial charge in [-0.25, -0.2) is 4.39 Å². The highest BCUT2D eigenvalue weighted by Crippen LogP contribution is 2.31. The molecule has 0 saturated carbocycles. The van der Waals surface area contributed by atoms with Crippen LogP contribution in [0.15, 0.2) is 40.8 Å². The average molecular weight is 262 g/mol. The lowest BCUT2D eigenvalue weighted by Gasteiger charge is -2.03. The first-order valence-electron chi connectivity index (χ1n) is 5.57. The van der Waals surface area contributed by atoms with Crippen molar-refractivity contribution in [2.75, 3.05) is 0 Å². The van der Waals surface area contributed by atoms with Crippen LogP contribution in [0.2, 0.25) is 0 Å². The van der Waals surface area contributed by atoms with E-state index in [0.717, 1.165) is 9.75 Å². The lowest BCUT2D eigenvalue weighted by molar-refractivity contribution is 0.196. The quantitative estimate of drug-likeness (QED) is 0.756. The molecule has 0 aliphatic rings. The van der Waals surface area contributed by atoms with Crippen LogP contribution in [0, 0.1) is 12.7 Å². The van der Waals surface area contributed by atoms with Gasteiger partial charge in [0.25, 0.3) is 0 Å². The van der Waals surface area contributed by atoms with Gasteiger partial charge in [0.2, 0.25) is 0 Å². The number of hydrogen-bond acceptors (Lipinski definition) is 3. The predicted molar refractivity (Wildman–Crippen MR) is 69.3 cm³/mol. The molecule has 0 fully saturated rings. The van der Waals surface area contributed by atoms with Crippen LogP contribution < -0.4 is 0 Å². The summed E-state index contributed by atoms with van der Waals surface area (Å²) < 4.78 is 18.6. The van der Waals surface area contributed by atoms with Gasteiger partial charge in [0.1, 0.15) is 23.3 Å². The number of rotatable bonds is 2. The van der Waals surface area contributed by atoms with Crippen molar-refractivity contribution in [3.63, 3.8) is 0 Å². The van der Waals surface area contributed by atoms with Crippen molar-refractivity contribution in [1.82, 2.24) is 0 Å². The molecule has 3 aromatic rings. The van der Waals surface area contributed by atoms with E-state index in [-0.39, 0.29) is 5.82 Å². The van der Waals surface area contributed by atoms with Crippen LogP contribution in [0.1, 0.15) is 21.6 Å². The summed E-state index contributed by atoms with van der Waals surface area (Å²) in [4.78, 5) is 1.96. The van der Waals surface area contributed by atoms with Gasteiger partial charge in [-0.15, -0.1) is 11.3 Å². The van der Waals surface area contributed by atoms with Gasteiger partial charge in [-0.2, -0.15) is 0 Å². The molecule has 1 unspecified atom stereocenters. The van der Waals surface area contributed by atoms with Crippen LogP contribution in [-0.2, 0) is 0 Å². The Balaban J connectivity index is 2.03. The topological polar surface area (TPSA) is 33.4 Å². The fraction of sp³-hybridized carbons (Fsp3) is 0.143. The third-order valence-corrected chi connectivity index (χ3v) is 3.85. The Morgan fingerprint density at radius 1 is 1.22 bits per heavy atom. The van der Waals surface area contributed by atoms with Gasteiger partial charge in [-0.3, -0.25) is 0 Å². The number of furan rings is 1. The molecule has 0 bridgehead atoms. The minimum Gasteiger partial charge on any atom is -0.458 e. The first kappa shape index (κ1) is 11.4. The molecule has 92 valence electrons. The molecular formula is C14H11FO2S. The van der Waals surface area contributed by atoms with Gasteiger partial charge in [-0.1, -0.05) is 0 Å². The van der Waals surface area contributed by atoms with E-state index in [1.165, 1.54) is 23.5 Å². The molecule has 0 aliphatic heterocycles. The zero-order chi connectivity index (χ0) is 12.7. The third-order valence-electron chi connectivity index (χ3n) is 2.80. The summed E-state index contributed by atoms with van der Waals surface area (Å²) in [5.41, 5.74) is 0.582. The van der Waals surface area contributed by atoms with Crippen molar-refractivity contribution in [2.24, 2.45) is 0 Å². The monoisotopic (exact) mass is 262 g/mol. The van der Waals surface area contributed by atoms with Crippen molar-refractivity contribution in [1.29, 1.82) is 0 Å². The largest absolute Gasteiger partial charge is 0.458 e. The molecule has 1 N–H and O–H groups in total. The van der Waals surface area contributed by atoms with Gasteiger partial charge in [0.05, 0.1) is 0 Å². The molecule has 0 radical (unpaired) electrons. The Morgan fingerprint density at radius 3 is 2.78 bits per heavy atom. The van der Waals surface area contributed by atoms with Crippen molar-refractivity contribution in [3.8, 4) is 0 Å². The van der Waals surface area contributed by atoms with E-state index in [2.05, 4.69) is 0 Å². The molecule has 3 rings (SSSR count). The Kier molecular flexibility index (Phi) is 2.69. The van der Waals surface area contributed by atoms with Crippen LogP contribution in [0.25, 0.3) is 11.0 Å². The Labute approximate surface area is 107 Å². The van der Waals surface area contributed by atoms with Crippen LogP contribution in [-0.4, -0.2) is 5.11 Å². The molecule has 1 aromatic carbocycles. The summed E-state index contributed by atoms with van der Waals surface area (Å²) in [6.07, 6.45) is -0.792. The number of aliphatic hydroxyl groups excluding tert-OH is 1. The molecule has 1 atom stereocenters. The van der Waals surface area contributed by atoms with Gasteiger partial charge < -0.3 is 9.52 Å². The van der Waals surface area contributed by atoms with Crippen molar-refractivity contribution in [2.45, 2.75) is 13.0 Å². The number of aryl methyl sites for hydroxylation is 1. The number of fused-ring (bicyclic) bond motifs is 1. The molecule has 4 heteroatoms.